The molecule has 0 aromatic heterocycles. The molecule has 0 spiro atoms. The molecule has 34 heavy (non-hydrogen) atoms. The summed E-state index contributed by atoms with van der Waals surface area (Å²) in [5.41, 5.74) is 11.7. The third-order valence-corrected chi connectivity index (χ3v) is 8.59. The molecular formula is C18H12Cl2N4O8S2. The first-order valence-electron chi connectivity index (χ1n) is 9.11. The summed E-state index contributed by atoms with van der Waals surface area (Å²) in [5.74, 6) is -0.194. The number of hydrogen-bond acceptors (Lipinski definition) is 10. The van der Waals surface area contributed by atoms with Crippen molar-refractivity contribution in [3.8, 4) is 17.2 Å². The van der Waals surface area contributed by atoms with Gasteiger partial charge >= 0.3 is 0 Å². The number of halogens is 2. The van der Waals surface area contributed by atoms with Gasteiger partial charge in [0.25, 0.3) is 20.2 Å². The summed E-state index contributed by atoms with van der Waals surface area (Å²) in [7, 11) is -10.5. The second kappa shape index (κ2) is 7.14. The smallest absolute Gasteiger partial charge is 0.289 e. The highest BCUT2D eigenvalue weighted by Crippen LogP contribution is 2.42. The first kappa shape index (κ1) is 23.0. The summed E-state index contributed by atoms with van der Waals surface area (Å²) in [5, 5.41) is -2.91. The molecule has 6 N–H and O–H groups in total. The summed E-state index contributed by atoms with van der Waals surface area (Å²) >= 11 is 13.0. The predicted octanol–water partition coefficient (Wildman–Crippen LogP) is 1.23. The van der Waals surface area contributed by atoms with Gasteiger partial charge < -0.3 is 20.9 Å². The van der Waals surface area contributed by atoms with Crippen LogP contribution in [0.5, 0.6) is 17.2 Å². The van der Waals surface area contributed by atoms with Gasteiger partial charge in [0.2, 0.25) is 0 Å². The van der Waals surface area contributed by atoms with E-state index in [1.54, 1.807) is 18.2 Å². The van der Waals surface area contributed by atoms with Crippen molar-refractivity contribution in [1.82, 2.24) is 0 Å². The minimum atomic E-state index is -5.26. The van der Waals surface area contributed by atoms with Crippen molar-refractivity contribution in [2.24, 2.45) is 15.7 Å². The minimum Gasteiger partial charge on any atom is -0.451 e. The van der Waals surface area contributed by atoms with Gasteiger partial charge in [-0.2, -0.15) is 16.8 Å². The van der Waals surface area contributed by atoms with Gasteiger partial charge in [0.15, 0.2) is 27.4 Å². The van der Waals surface area contributed by atoms with Gasteiger partial charge in [0, 0.05) is 5.69 Å². The van der Waals surface area contributed by atoms with Crippen LogP contribution in [-0.2, 0) is 20.2 Å². The van der Waals surface area contributed by atoms with Crippen molar-refractivity contribution >= 4 is 54.8 Å². The molecule has 0 fully saturated rings. The summed E-state index contributed by atoms with van der Waals surface area (Å²) < 4.78 is 79.1. The molecule has 3 aliphatic rings. The highest BCUT2D eigenvalue weighted by molar-refractivity contribution is 7.91. The number of allylic oxidation sites excluding steroid dienone is 1. The van der Waals surface area contributed by atoms with E-state index >= 15 is 0 Å². The van der Waals surface area contributed by atoms with E-state index in [0.717, 1.165) is 6.08 Å². The van der Waals surface area contributed by atoms with Crippen LogP contribution in [0.3, 0.4) is 0 Å². The van der Waals surface area contributed by atoms with Crippen molar-refractivity contribution in [1.29, 1.82) is 0 Å². The Morgan fingerprint density at radius 3 is 2.24 bits per heavy atom. The number of rotatable bonds is 2. The van der Waals surface area contributed by atoms with E-state index in [4.69, 9.17) is 44.1 Å². The molecule has 0 bridgehead atoms. The first-order valence-corrected chi connectivity index (χ1v) is 12.8. The van der Waals surface area contributed by atoms with Crippen molar-refractivity contribution in [3.63, 3.8) is 0 Å². The van der Waals surface area contributed by atoms with Crippen LogP contribution in [0.2, 0.25) is 10.0 Å². The molecule has 0 saturated heterocycles. The third-order valence-electron chi connectivity index (χ3n) is 5.27. The lowest BCUT2D eigenvalue weighted by Crippen LogP contribution is -2.60. The molecular weight excluding hydrogens is 535 g/mol. The second-order valence-corrected chi connectivity index (χ2v) is 11.4. The van der Waals surface area contributed by atoms with E-state index in [-0.39, 0.29) is 38.0 Å². The average Bonchev–Trinajstić information content (AvgIpc) is 2.73. The number of nitrogen functional groups attached to an aromatic ring is 1. The second-order valence-electron chi connectivity index (χ2n) is 7.44. The van der Waals surface area contributed by atoms with Crippen LogP contribution in [-0.4, -0.2) is 36.1 Å². The van der Waals surface area contributed by atoms with E-state index in [1.165, 1.54) is 0 Å². The van der Waals surface area contributed by atoms with Crippen LogP contribution >= 0.6 is 23.2 Å². The highest BCUT2D eigenvalue weighted by atomic mass is 35.5. The fraction of sp³-hybridized carbons (Fsp3) is 0.111. The van der Waals surface area contributed by atoms with Crippen LogP contribution in [0.25, 0.3) is 0 Å². The maximum Gasteiger partial charge on any atom is 0.289 e. The summed E-state index contributed by atoms with van der Waals surface area (Å²) in [4.78, 5) is 5.55. The zero-order chi connectivity index (χ0) is 24.8. The lowest BCUT2D eigenvalue weighted by Gasteiger charge is -2.34. The maximum atomic E-state index is 12.2. The average molecular weight is 547 g/mol. The summed E-state index contributed by atoms with van der Waals surface area (Å²) in [6, 6.07) is 4.66. The predicted molar refractivity (Wildman–Crippen MR) is 120 cm³/mol. The highest BCUT2D eigenvalue weighted by Gasteiger charge is 2.56. The Morgan fingerprint density at radius 1 is 1.00 bits per heavy atom. The number of nitrogens with two attached hydrogens (primary N) is 2. The standard InChI is InChI=1S/C18H12Cl2N4O8S2/c19-10-13-15(31-8-2-1-6(21)5-7(8)23-13)11(20)14-16(10)32-9-3-4-18(22,34(28,29)30)17(12(9)24-14)33(25,26)27/h1-5,17H,21-22H2,(H,25,26,27)(H,28,29,30). The Balaban J connectivity index is 1.80. The van der Waals surface area contributed by atoms with Crippen molar-refractivity contribution in [3.05, 3.63) is 62.6 Å². The van der Waals surface area contributed by atoms with E-state index in [1.807, 2.05) is 0 Å². The molecule has 178 valence electrons. The molecule has 2 aromatic rings. The third kappa shape index (κ3) is 3.22. The molecule has 12 nitrogen and oxygen atoms in total. The van der Waals surface area contributed by atoms with Crippen LogP contribution in [0.4, 0.5) is 11.4 Å². The Labute approximate surface area is 201 Å². The van der Waals surface area contributed by atoms with Gasteiger partial charge in [0.1, 0.15) is 37.9 Å². The molecule has 1 aliphatic carbocycles. The fourth-order valence-electron chi connectivity index (χ4n) is 3.69. The number of anilines is 1. The number of hydrogen-bond donors (Lipinski definition) is 4. The van der Waals surface area contributed by atoms with Gasteiger partial charge in [-0.1, -0.05) is 23.2 Å². The van der Waals surface area contributed by atoms with Gasteiger partial charge in [-0.25, -0.2) is 9.98 Å². The fourth-order valence-corrected chi connectivity index (χ4v) is 6.55. The van der Waals surface area contributed by atoms with E-state index in [9.17, 15) is 25.9 Å². The van der Waals surface area contributed by atoms with Crippen molar-refractivity contribution < 1.29 is 35.4 Å². The topological polar surface area (TPSA) is 204 Å². The Kier molecular flexibility index (Phi) is 4.84. The van der Waals surface area contributed by atoms with E-state index in [0.29, 0.717) is 23.2 Å². The quantitative estimate of drug-likeness (QED) is 0.267. The minimum absolute atomic E-state index is 0.0392. The lowest BCUT2D eigenvalue weighted by atomic mass is 10.0. The maximum absolute atomic E-state index is 12.2. The van der Waals surface area contributed by atoms with Crippen LogP contribution in [0, 0.1) is 0 Å². The molecule has 2 aromatic carbocycles. The number of fused-ring (bicyclic) bond motifs is 3. The summed E-state index contributed by atoms with van der Waals surface area (Å²) in [6.07, 6.45) is 1.63. The molecule has 0 amide bonds. The molecule has 5 rings (SSSR count). The van der Waals surface area contributed by atoms with Crippen LogP contribution < -0.4 is 31.7 Å². The van der Waals surface area contributed by atoms with Gasteiger partial charge in [-0.15, -0.1) is 0 Å². The molecule has 2 atom stereocenters. The molecule has 2 heterocycles. The van der Waals surface area contributed by atoms with Crippen LogP contribution in [0.1, 0.15) is 0 Å². The zero-order valence-electron chi connectivity index (χ0n) is 16.4. The number of benzene rings is 2. The molecule has 0 saturated carbocycles. The molecule has 0 radical (unpaired) electrons. The largest absolute Gasteiger partial charge is 0.451 e. The van der Waals surface area contributed by atoms with Crippen molar-refractivity contribution in [2.45, 2.75) is 10.1 Å². The SMILES string of the molecule is Nc1ccc2c(c1)N=c1c(Cl)c3c(c(Cl)c1O2)=NC1=C(C=CC(N)(S(=O)(=O)O)C1S(=O)(=O)O)O3. The Morgan fingerprint density at radius 2 is 1.62 bits per heavy atom. The number of nitrogens with zero attached hydrogens (tertiary/aromatic N) is 2. The first-order chi connectivity index (χ1) is 15.7. The molecule has 16 heteroatoms. The van der Waals surface area contributed by atoms with E-state index < -0.39 is 36.1 Å². The van der Waals surface area contributed by atoms with Crippen LogP contribution in [0.15, 0.2) is 51.8 Å². The summed E-state index contributed by atoms with van der Waals surface area (Å²) in [6.45, 7) is 0. The molecule has 2 unspecified atom stereocenters. The normalized spacial score (nSPS) is 22.8. The van der Waals surface area contributed by atoms with Gasteiger partial charge in [-0.3, -0.25) is 9.11 Å². The Hall–Kier alpha value is -2.72. The van der Waals surface area contributed by atoms with Crippen molar-refractivity contribution in [2.75, 3.05) is 5.73 Å². The lowest BCUT2D eigenvalue weighted by molar-refractivity contribution is 0.387. The monoisotopic (exact) mass is 546 g/mol. The Bertz CT molecular complexity index is 1720. The number of ether oxygens (including phenoxy) is 2. The van der Waals surface area contributed by atoms with E-state index in [2.05, 4.69) is 9.98 Å². The molecule has 2 aliphatic heterocycles. The van der Waals surface area contributed by atoms with Gasteiger partial charge in [0.05, 0.1) is 0 Å². The van der Waals surface area contributed by atoms with Gasteiger partial charge in [-0.05, 0) is 30.4 Å². The zero-order valence-corrected chi connectivity index (χ0v) is 19.6.